The van der Waals surface area contributed by atoms with Crippen LogP contribution < -0.4 is 15.2 Å². The Balaban J connectivity index is 1.82. The number of rotatable bonds is 5. The number of nitrogens with two attached hydrogens (primary N) is 1. The Morgan fingerprint density at radius 2 is 2.14 bits per heavy atom. The van der Waals surface area contributed by atoms with Crippen LogP contribution in [-0.4, -0.2) is 16.8 Å². The molecule has 146 valence electrons. The van der Waals surface area contributed by atoms with Gasteiger partial charge in [-0.05, 0) is 56.3 Å². The van der Waals surface area contributed by atoms with Crippen LogP contribution in [0, 0.1) is 11.3 Å². The number of furan rings is 1. The summed E-state index contributed by atoms with van der Waals surface area (Å²) in [5, 5.41) is 17.1. The quantitative estimate of drug-likeness (QED) is 0.673. The van der Waals surface area contributed by atoms with Crippen molar-refractivity contribution in [1.29, 1.82) is 5.26 Å². The third-order valence-corrected chi connectivity index (χ3v) is 4.76. The van der Waals surface area contributed by atoms with Crippen molar-refractivity contribution in [2.24, 2.45) is 5.73 Å². The Morgan fingerprint density at radius 3 is 2.79 bits per heavy atom. The molecule has 3 N–H and O–H groups in total. The maximum Gasteiger partial charge on any atom is 0.244 e. The first-order valence-corrected chi connectivity index (χ1v) is 9.23. The summed E-state index contributed by atoms with van der Waals surface area (Å²) >= 11 is 0. The van der Waals surface area contributed by atoms with Gasteiger partial charge in [0.1, 0.15) is 23.2 Å². The van der Waals surface area contributed by atoms with Gasteiger partial charge in [0.05, 0.1) is 30.0 Å². The number of aromatic nitrogens is 2. The van der Waals surface area contributed by atoms with E-state index in [9.17, 15) is 5.26 Å². The van der Waals surface area contributed by atoms with Crippen LogP contribution >= 0.6 is 0 Å². The lowest BCUT2D eigenvalue weighted by Crippen LogP contribution is -2.20. The minimum atomic E-state index is -0.408. The molecule has 1 aromatic carbocycles. The molecule has 0 saturated heterocycles. The summed E-state index contributed by atoms with van der Waals surface area (Å²) in [6.45, 7) is 4.47. The van der Waals surface area contributed by atoms with E-state index in [4.69, 9.17) is 19.6 Å². The molecule has 4 rings (SSSR count). The minimum Gasteiger partial charge on any atom is -0.494 e. The van der Waals surface area contributed by atoms with Crippen molar-refractivity contribution in [3.8, 4) is 29.0 Å². The molecular formula is C22H20N4O3. The smallest absolute Gasteiger partial charge is 0.244 e. The molecular weight excluding hydrogens is 368 g/mol. The summed E-state index contributed by atoms with van der Waals surface area (Å²) in [6, 6.07) is 13.5. The second-order valence-corrected chi connectivity index (χ2v) is 6.60. The molecule has 7 heteroatoms. The van der Waals surface area contributed by atoms with Gasteiger partial charge in [-0.1, -0.05) is 5.57 Å². The molecule has 0 aliphatic carbocycles. The average molecular weight is 388 g/mol. The molecule has 3 heterocycles. The lowest BCUT2D eigenvalue weighted by Gasteiger charge is -2.24. The predicted octanol–water partition coefficient (Wildman–Crippen LogP) is 4.34. The summed E-state index contributed by atoms with van der Waals surface area (Å²) in [5.41, 5.74) is 9.68. The standard InChI is InChI=1S/C22H20N4O3/c1-3-27-15-8-6-14(7-9-15)20-19-18(13(2)11-16-5-4-10-28-16)17(12-23)21(24)29-22(19)26-25-20/h4-11,18H,3,24H2,1-2H3,(H,25,26)/b13-11+/t18-/m0/s1. The van der Waals surface area contributed by atoms with Crippen molar-refractivity contribution in [2.45, 2.75) is 19.8 Å². The molecule has 7 nitrogen and oxygen atoms in total. The predicted molar refractivity (Wildman–Crippen MR) is 108 cm³/mol. The maximum absolute atomic E-state index is 9.76. The Morgan fingerprint density at radius 1 is 1.34 bits per heavy atom. The lowest BCUT2D eigenvalue weighted by molar-refractivity contribution is 0.340. The molecule has 0 unspecified atom stereocenters. The Hall–Kier alpha value is -3.92. The number of benzene rings is 1. The van der Waals surface area contributed by atoms with Gasteiger partial charge in [0.25, 0.3) is 0 Å². The van der Waals surface area contributed by atoms with Crippen LogP contribution in [0.5, 0.6) is 11.6 Å². The fourth-order valence-corrected chi connectivity index (χ4v) is 3.49. The van der Waals surface area contributed by atoms with Crippen LogP contribution in [0.25, 0.3) is 17.3 Å². The highest BCUT2D eigenvalue weighted by Gasteiger charge is 2.35. The first-order chi connectivity index (χ1) is 14.1. The van der Waals surface area contributed by atoms with Crippen LogP contribution in [0.3, 0.4) is 0 Å². The average Bonchev–Trinajstić information content (AvgIpc) is 3.37. The van der Waals surface area contributed by atoms with E-state index in [2.05, 4.69) is 16.3 Å². The van der Waals surface area contributed by atoms with Gasteiger partial charge in [0.2, 0.25) is 11.8 Å². The monoisotopic (exact) mass is 388 g/mol. The summed E-state index contributed by atoms with van der Waals surface area (Å²) in [5.74, 6) is 1.49. The van der Waals surface area contributed by atoms with Gasteiger partial charge in [-0.3, -0.25) is 5.10 Å². The Labute approximate surface area is 168 Å². The minimum absolute atomic E-state index is 0.0574. The number of hydrogen-bond acceptors (Lipinski definition) is 6. The largest absolute Gasteiger partial charge is 0.494 e. The lowest BCUT2D eigenvalue weighted by atomic mass is 9.83. The molecule has 0 saturated carbocycles. The van der Waals surface area contributed by atoms with E-state index in [1.807, 2.05) is 56.3 Å². The fourth-order valence-electron chi connectivity index (χ4n) is 3.49. The van der Waals surface area contributed by atoms with Gasteiger partial charge in [0, 0.05) is 5.56 Å². The molecule has 0 radical (unpaired) electrons. The van der Waals surface area contributed by atoms with Crippen molar-refractivity contribution in [3.63, 3.8) is 0 Å². The molecule has 0 fully saturated rings. The van der Waals surface area contributed by atoms with Gasteiger partial charge in [-0.15, -0.1) is 5.10 Å². The van der Waals surface area contributed by atoms with E-state index in [1.54, 1.807) is 6.26 Å². The van der Waals surface area contributed by atoms with Gasteiger partial charge in [-0.25, -0.2) is 0 Å². The zero-order valence-corrected chi connectivity index (χ0v) is 16.1. The van der Waals surface area contributed by atoms with Crippen LogP contribution in [-0.2, 0) is 0 Å². The Bertz CT molecular complexity index is 1120. The zero-order chi connectivity index (χ0) is 20.4. The number of ether oxygens (including phenoxy) is 2. The van der Waals surface area contributed by atoms with Crippen LogP contribution in [0.4, 0.5) is 0 Å². The first-order valence-electron chi connectivity index (χ1n) is 9.23. The van der Waals surface area contributed by atoms with Crippen molar-refractivity contribution in [2.75, 3.05) is 6.61 Å². The Kier molecular flexibility index (Phi) is 4.83. The van der Waals surface area contributed by atoms with E-state index >= 15 is 0 Å². The summed E-state index contributed by atoms with van der Waals surface area (Å²) in [7, 11) is 0. The van der Waals surface area contributed by atoms with Crippen LogP contribution in [0.1, 0.15) is 31.1 Å². The highest BCUT2D eigenvalue weighted by molar-refractivity contribution is 5.72. The number of fused-ring (bicyclic) bond motifs is 1. The van der Waals surface area contributed by atoms with E-state index in [1.165, 1.54) is 0 Å². The third kappa shape index (κ3) is 3.36. The fraction of sp³-hybridized carbons (Fsp3) is 0.182. The molecule has 1 atom stereocenters. The van der Waals surface area contributed by atoms with Gasteiger partial charge >= 0.3 is 0 Å². The number of H-pyrrole nitrogens is 1. The molecule has 1 aliphatic rings. The number of allylic oxidation sites excluding steroid dienone is 2. The van der Waals surface area contributed by atoms with Crippen molar-refractivity contribution in [1.82, 2.24) is 10.2 Å². The second-order valence-electron chi connectivity index (χ2n) is 6.60. The van der Waals surface area contributed by atoms with Gasteiger partial charge in [0.15, 0.2) is 0 Å². The summed E-state index contributed by atoms with van der Waals surface area (Å²) < 4.78 is 16.6. The molecule has 0 amide bonds. The SMILES string of the molecule is CCOc1ccc(-c2[nH]nc3c2[C@@H](/C(C)=C/c2ccco2)C(C#N)=C(N)O3)cc1. The van der Waals surface area contributed by atoms with E-state index in [0.29, 0.717) is 23.8 Å². The number of hydrogen-bond donors (Lipinski definition) is 2. The molecule has 3 aromatic rings. The number of nitrogens with one attached hydrogen (secondary N) is 1. The third-order valence-electron chi connectivity index (χ3n) is 4.76. The van der Waals surface area contributed by atoms with Gasteiger partial charge in [-0.2, -0.15) is 5.26 Å². The number of nitrogens with zero attached hydrogens (tertiary/aromatic N) is 2. The highest BCUT2D eigenvalue weighted by atomic mass is 16.5. The van der Waals surface area contributed by atoms with Crippen molar-refractivity contribution >= 4 is 6.08 Å². The van der Waals surface area contributed by atoms with Crippen LogP contribution in [0.15, 0.2) is 64.1 Å². The normalized spacial score (nSPS) is 16.2. The molecule has 1 aliphatic heterocycles. The van der Waals surface area contributed by atoms with Gasteiger partial charge < -0.3 is 19.6 Å². The van der Waals surface area contributed by atoms with E-state index in [0.717, 1.165) is 28.1 Å². The van der Waals surface area contributed by atoms with E-state index < -0.39 is 5.92 Å². The molecule has 0 spiro atoms. The number of aromatic amines is 1. The van der Waals surface area contributed by atoms with Crippen molar-refractivity contribution in [3.05, 3.63) is 71.0 Å². The topological polar surface area (TPSA) is 110 Å². The molecule has 0 bridgehead atoms. The van der Waals surface area contributed by atoms with E-state index in [-0.39, 0.29) is 5.88 Å². The number of nitriles is 1. The first kappa shape index (κ1) is 18.4. The highest BCUT2D eigenvalue weighted by Crippen LogP contribution is 2.46. The zero-order valence-electron chi connectivity index (χ0n) is 16.1. The summed E-state index contributed by atoms with van der Waals surface area (Å²) in [6.07, 6.45) is 3.49. The van der Waals surface area contributed by atoms with Crippen LogP contribution in [0.2, 0.25) is 0 Å². The maximum atomic E-state index is 9.76. The second kappa shape index (κ2) is 7.60. The summed E-state index contributed by atoms with van der Waals surface area (Å²) in [4.78, 5) is 0. The van der Waals surface area contributed by atoms with Crippen molar-refractivity contribution < 1.29 is 13.9 Å². The molecule has 2 aromatic heterocycles. The molecule has 29 heavy (non-hydrogen) atoms.